The number of nitrogens with zero attached hydrogens (tertiary/aromatic N) is 4. The van der Waals surface area contributed by atoms with E-state index in [9.17, 15) is 4.79 Å². The highest BCUT2D eigenvalue weighted by atomic mass is 16.5. The van der Waals surface area contributed by atoms with Crippen molar-refractivity contribution in [3.8, 4) is 5.69 Å². The second-order valence-electron chi connectivity index (χ2n) is 5.54. The minimum atomic E-state index is -0.0621. The first-order valence-corrected chi connectivity index (χ1v) is 7.33. The molecule has 6 nitrogen and oxygen atoms in total. The molecule has 3 rings (SSSR count). The molecule has 1 aromatic carbocycles. The summed E-state index contributed by atoms with van der Waals surface area (Å²) in [6.07, 6.45) is 1.50. The van der Waals surface area contributed by atoms with Gasteiger partial charge in [0.1, 0.15) is 12.0 Å². The van der Waals surface area contributed by atoms with Crippen LogP contribution in [0.5, 0.6) is 0 Å². The van der Waals surface area contributed by atoms with Crippen molar-refractivity contribution < 1.29 is 9.32 Å². The first kappa shape index (κ1) is 15.0. The summed E-state index contributed by atoms with van der Waals surface area (Å²) in [5, 5.41) is 8.26. The van der Waals surface area contributed by atoms with Crippen LogP contribution in [0.3, 0.4) is 0 Å². The summed E-state index contributed by atoms with van der Waals surface area (Å²) in [4.78, 5) is 14.0. The number of aryl methyl sites for hydroxylation is 2. The van der Waals surface area contributed by atoms with Crippen molar-refractivity contribution in [3.63, 3.8) is 0 Å². The fraction of sp³-hybridized carbons (Fsp3) is 0.235. The van der Waals surface area contributed by atoms with Crippen LogP contribution in [0.15, 0.2) is 47.2 Å². The third kappa shape index (κ3) is 3.15. The van der Waals surface area contributed by atoms with E-state index in [4.69, 9.17) is 4.52 Å². The van der Waals surface area contributed by atoms with Gasteiger partial charge in [0, 0.05) is 24.4 Å². The Morgan fingerprint density at radius 3 is 2.52 bits per heavy atom. The van der Waals surface area contributed by atoms with E-state index in [1.807, 2.05) is 48.9 Å². The number of amides is 1. The van der Waals surface area contributed by atoms with Crippen LogP contribution in [0, 0.1) is 13.8 Å². The topological polar surface area (TPSA) is 64.2 Å². The van der Waals surface area contributed by atoms with E-state index in [-0.39, 0.29) is 5.91 Å². The molecule has 2 heterocycles. The lowest BCUT2D eigenvalue weighted by atomic mass is 10.2. The molecule has 118 valence electrons. The third-order valence-electron chi connectivity index (χ3n) is 3.61. The number of hydrogen-bond donors (Lipinski definition) is 0. The lowest BCUT2D eigenvalue weighted by molar-refractivity contribution is 0.0782. The summed E-state index contributed by atoms with van der Waals surface area (Å²) < 4.78 is 6.64. The van der Waals surface area contributed by atoms with Gasteiger partial charge in [-0.2, -0.15) is 5.10 Å². The lowest BCUT2D eigenvalue weighted by Gasteiger charge is -2.16. The van der Waals surface area contributed by atoms with Gasteiger partial charge in [-0.15, -0.1) is 0 Å². The van der Waals surface area contributed by atoms with Crippen LogP contribution < -0.4 is 0 Å². The van der Waals surface area contributed by atoms with Crippen LogP contribution in [-0.2, 0) is 6.54 Å². The molecule has 0 atom stereocenters. The van der Waals surface area contributed by atoms with E-state index < -0.39 is 0 Å². The number of carbonyl (C=O) groups is 1. The predicted molar refractivity (Wildman–Crippen MR) is 85.3 cm³/mol. The van der Waals surface area contributed by atoms with E-state index >= 15 is 0 Å². The van der Waals surface area contributed by atoms with Crippen LogP contribution in [0.4, 0.5) is 0 Å². The van der Waals surface area contributed by atoms with Crippen molar-refractivity contribution in [2.45, 2.75) is 20.4 Å². The highest BCUT2D eigenvalue weighted by Crippen LogP contribution is 2.14. The van der Waals surface area contributed by atoms with Gasteiger partial charge in [-0.25, -0.2) is 4.68 Å². The molecular formula is C17H18N4O2. The molecule has 0 saturated carbocycles. The Morgan fingerprint density at radius 1 is 1.22 bits per heavy atom. The summed E-state index contributed by atoms with van der Waals surface area (Å²) >= 11 is 0. The summed E-state index contributed by atoms with van der Waals surface area (Å²) in [6, 6.07) is 11.2. The zero-order valence-corrected chi connectivity index (χ0v) is 13.4. The van der Waals surface area contributed by atoms with Gasteiger partial charge in [0.05, 0.1) is 17.9 Å². The van der Waals surface area contributed by atoms with Crippen molar-refractivity contribution in [2.24, 2.45) is 0 Å². The Kier molecular flexibility index (Phi) is 3.97. The molecule has 0 bridgehead atoms. The summed E-state index contributed by atoms with van der Waals surface area (Å²) in [5.41, 5.74) is 4.31. The Bertz CT molecular complexity index is 804. The average Bonchev–Trinajstić information content (AvgIpc) is 3.16. The van der Waals surface area contributed by atoms with Gasteiger partial charge >= 0.3 is 0 Å². The zero-order valence-electron chi connectivity index (χ0n) is 13.4. The predicted octanol–water partition coefficient (Wildman–Crippen LogP) is 2.75. The highest BCUT2D eigenvalue weighted by Gasteiger charge is 2.13. The molecule has 0 spiro atoms. The Morgan fingerprint density at radius 2 is 1.96 bits per heavy atom. The molecule has 0 aliphatic carbocycles. The molecule has 2 aromatic heterocycles. The Balaban J connectivity index is 1.76. The van der Waals surface area contributed by atoms with E-state index in [0.29, 0.717) is 12.1 Å². The molecule has 0 aliphatic rings. The first-order chi connectivity index (χ1) is 11.0. The van der Waals surface area contributed by atoms with Crippen molar-refractivity contribution >= 4 is 5.91 Å². The normalized spacial score (nSPS) is 10.7. The standard InChI is InChI=1S/C17H18N4O2/c1-12-10-13(2)21(18-12)16-6-4-14(5-7-16)17(22)20(3)11-15-8-9-23-19-15/h4-10H,11H2,1-3H3. The summed E-state index contributed by atoms with van der Waals surface area (Å²) in [5.74, 6) is -0.0621. The van der Waals surface area contributed by atoms with E-state index in [1.54, 1.807) is 18.0 Å². The van der Waals surface area contributed by atoms with Gasteiger partial charge in [0.25, 0.3) is 5.91 Å². The molecular weight excluding hydrogens is 292 g/mol. The molecule has 0 aliphatic heterocycles. The van der Waals surface area contributed by atoms with Gasteiger partial charge in [-0.3, -0.25) is 4.79 Å². The van der Waals surface area contributed by atoms with E-state index in [1.165, 1.54) is 6.26 Å². The molecule has 0 unspecified atom stereocenters. The van der Waals surface area contributed by atoms with Crippen molar-refractivity contribution in [1.29, 1.82) is 0 Å². The number of aromatic nitrogens is 3. The average molecular weight is 310 g/mol. The molecule has 1 amide bonds. The van der Waals surface area contributed by atoms with Crippen LogP contribution >= 0.6 is 0 Å². The minimum absolute atomic E-state index is 0.0621. The maximum absolute atomic E-state index is 12.4. The molecule has 3 aromatic rings. The number of carbonyl (C=O) groups excluding carboxylic acids is 1. The molecule has 23 heavy (non-hydrogen) atoms. The second kappa shape index (κ2) is 6.08. The maximum Gasteiger partial charge on any atom is 0.253 e. The highest BCUT2D eigenvalue weighted by molar-refractivity contribution is 5.94. The number of rotatable bonds is 4. The van der Waals surface area contributed by atoms with Gasteiger partial charge in [0.2, 0.25) is 0 Å². The molecule has 0 saturated heterocycles. The van der Waals surface area contributed by atoms with Gasteiger partial charge in [-0.05, 0) is 44.2 Å². The molecule has 0 N–H and O–H groups in total. The zero-order chi connectivity index (χ0) is 16.4. The van der Waals surface area contributed by atoms with Crippen LogP contribution in [0.25, 0.3) is 5.69 Å². The first-order valence-electron chi connectivity index (χ1n) is 7.33. The van der Waals surface area contributed by atoms with Crippen molar-refractivity contribution in [3.05, 3.63) is 65.3 Å². The lowest BCUT2D eigenvalue weighted by Crippen LogP contribution is -2.26. The number of benzene rings is 1. The fourth-order valence-corrected chi connectivity index (χ4v) is 2.49. The maximum atomic E-state index is 12.4. The minimum Gasteiger partial charge on any atom is -0.364 e. The van der Waals surface area contributed by atoms with Gasteiger partial charge in [0.15, 0.2) is 0 Å². The Labute approximate surface area is 134 Å². The van der Waals surface area contributed by atoms with E-state index in [0.717, 1.165) is 22.8 Å². The molecule has 6 heteroatoms. The molecule has 0 radical (unpaired) electrons. The van der Waals surface area contributed by atoms with Gasteiger partial charge < -0.3 is 9.42 Å². The fourth-order valence-electron chi connectivity index (χ4n) is 2.49. The second-order valence-corrected chi connectivity index (χ2v) is 5.54. The van der Waals surface area contributed by atoms with Crippen LogP contribution in [-0.4, -0.2) is 32.8 Å². The largest absolute Gasteiger partial charge is 0.364 e. The quantitative estimate of drug-likeness (QED) is 0.743. The summed E-state index contributed by atoms with van der Waals surface area (Å²) in [6.45, 7) is 4.37. The van der Waals surface area contributed by atoms with Gasteiger partial charge in [-0.1, -0.05) is 5.16 Å². The monoisotopic (exact) mass is 310 g/mol. The smallest absolute Gasteiger partial charge is 0.253 e. The van der Waals surface area contributed by atoms with Crippen molar-refractivity contribution in [2.75, 3.05) is 7.05 Å². The SMILES string of the molecule is Cc1cc(C)n(-c2ccc(C(=O)N(C)Cc3ccon3)cc2)n1. The van der Waals surface area contributed by atoms with Crippen LogP contribution in [0.2, 0.25) is 0 Å². The van der Waals surface area contributed by atoms with Crippen LogP contribution in [0.1, 0.15) is 27.4 Å². The summed E-state index contributed by atoms with van der Waals surface area (Å²) in [7, 11) is 1.74. The van der Waals surface area contributed by atoms with E-state index in [2.05, 4.69) is 10.3 Å². The molecule has 0 fully saturated rings. The Hall–Kier alpha value is -2.89. The third-order valence-corrected chi connectivity index (χ3v) is 3.61. The number of hydrogen-bond acceptors (Lipinski definition) is 4. The van der Waals surface area contributed by atoms with Crippen molar-refractivity contribution in [1.82, 2.24) is 19.8 Å².